The van der Waals surface area contributed by atoms with E-state index in [4.69, 9.17) is 4.42 Å². The topological polar surface area (TPSA) is 68.0 Å². The summed E-state index contributed by atoms with van der Waals surface area (Å²) >= 11 is 0. The Bertz CT molecular complexity index is 593. The molecule has 1 heterocycles. The predicted molar refractivity (Wildman–Crippen MR) is 75.9 cm³/mol. The third-order valence-corrected chi connectivity index (χ3v) is 2.83. The second kappa shape index (κ2) is 6.97. The second-order valence-corrected chi connectivity index (χ2v) is 5.21. The normalized spacial score (nSPS) is 10.9. The van der Waals surface area contributed by atoms with Gasteiger partial charge in [0.05, 0.1) is 0 Å². The molecule has 1 aromatic carbocycles. The number of benzene rings is 1. The molecule has 0 aliphatic rings. The Balaban J connectivity index is 1.88. The fourth-order valence-corrected chi connectivity index (χ4v) is 1.69. The van der Waals surface area contributed by atoms with E-state index in [1.54, 1.807) is 12.1 Å². The fourth-order valence-electron chi connectivity index (χ4n) is 1.69. The van der Waals surface area contributed by atoms with E-state index in [1.165, 1.54) is 12.1 Å². The lowest BCUT2D eigenvalue weighted by atomic mass is 10.2. The SMILES string of the molecule is CC(C)CNC(=O)CCc1nnc(-c2ccc(F)cc2)o1. The molecular formula is C15H18FN3O2. The van der Waals surface area contributed by atoms with Crippen LogP contribution in [0, 0.1) is 11.7 Å². The monoisotopic (exact) mass is 291 g/mol. The lowest BCUT2D eigenvalue weighted by Gasteiger charge is -2.06. The molecule has 112 valence electrons. The Labute approximate surface area is 122 Å². The molecule has 0 saturated carbocycles. The number of hydrogen-bond donors (Lipinski definition) is 1. The van der Waals surface area contributed by atoms with E-state index in [2.05, 4.69) is 15.5 Å². The van der Waals surface area contributed by atoms with Gasteiger partial charge in [-0.3, -0.25) is 4.79 Å². The Kier molecular flexibility index (Phi) is 5.03. The van der Waals surface area contributed by atoms with E-state index in [9.17, 15) is 9.18 Å². The van der Waals surface area contributed by atoms with Crippen LogP contribution >= 0.6 is 0 Å². The summed E-state index contributed by atoms with van der Waals surface area (Å²) in [5.41, 5.74) is 0.652. The largest absolute Gasteiger partial charge is 0.421 e. The first-order chi connectivity index (χ1) is 10.0. The molecule has 0 aliphatic heterocycles. The molecule has 0 fully saturated rings. The van der Waals surface area contributed by atoms with Crippen molar-refractivity contribution < 1.29 is 13.6 Å². The highest BCUT2D eigenvalue weighted by molar-refractivity contribution is 5.76. The summed E-state index contributed by atoms with van der Waals surface area (Å²) in [6.45, 7) is 4.73. The van der Waals surface area contributed by atoms with Gasteiger partial charge < -0.3 is 9.73 Å². The van der Waals surface area contributed by atoms with Gasteiger partial charge in [-0.15, -0.1) is 10.2 Å². The molecule has 0 spiro atoms. The lowest BCUT2D eigenvalue weighted by molar-refractivity contribution is -0.121. The molecule has 6 heteroatoms. The lowest BCUT2D eigenvalue weighted by Crippen LogP contribution is -2.27. The van der Waals surface area contributed by atoms with Crippen LogP contribution < -0.4 is 5.32 Å². The Hall–Kier alpha value is -2.24. The van der Waals surface area contributed by atoms with Gasteiger partial charge in [-0.25, -0.2) is 4.39 Å². The first-order valence-electron chi connectivity index (χ1n) is 6.89. The number of aryl methyl sites for hydroxylation is 1. The summed E-state index contributed by atoms with van der Waals surface area (Å²) in [4.78, 5) is 11.6. The Morgan fingerprint density at radius 2 is 2.00 bits per heavy atom. The van der Waals surface area contributed by atoms with E-state index < -0.39 is 0 Å². The van der Waals surface area contributed by atoms with Crippen LogP contribution in [0.3, 0.4) is 0 Å². The minimum Gasteiger partial charge on any atom is -0.421 e. The number of carbonyl (C=O) groups excluding carboxylic acids is 1. The van der Waals surface area contributed by atoms with Crippen LogP contribution in [0.25, 0.3) is 11.5 Å². The molecule has 0 radical (unpaired) electrons. The van der Waals surface area contributed by atoms with Gasteiger partial charge in [-0.05, 0) is 30.2 Å². The third-order valence-electron chi connectivity index (χ3n) is 2.83. The predicted octanol–water partition coefficient (Wildman–Crippen LogP) is 2.58. The number of nitrogens with zero attached hydrogens (tertiary/aromatic N) is 2. The number of carbonyl (C=O) groups is 1. The van der Waals surface area contributed by atoms with Crippen molar-refractivity contribution in [3.8, 4) is 11.5 Å². The maximum Gasteiger partial charge on any atom is 0.247 e. The summed E-state index contributed by atoms with van der Waals surface area (Å²) in [7, 11) is 0. The molecule has 0 aliphatic carbocycles. The number of rotatable bonds is 6. The zero-order chi connectivity index (χ0) is 15.2. The van der Waals surface area contributed by atoms with E-state index in [-0.39, 0.29) is 11.7 Å². The Morgan fingerprint density at radius 3 is 2.67 bits per heavy atom. The molecule has 21 heavy (non-hydrogen) atoms. The van der Waals surface area contributed by atoms with Crippen LogP contribution in [0.15, 0.2) is 28.7 Å². The van der Waals surface area contributed by atoms with Gasteiger partial charge in [0.15, 0.2) is 0 Å². The van der Waals surface area contributed by atoms with Crippen LogP contribution in [0.4, 0.5) is 4.39 Å². The average molecular weight is 291 g/mol. The molecule has 5 nitrogen and oxygen atoms in total. The molecule has 0 bridgehead atoms. The van der Waals surface area contributed by atoms with Gasteiger partial charge in [0.2, 0.25) is 17.7 Å². The summed E-state index contributed by atoms with van der Waals surface area (Å²) in [6.07, 6.45) is 0.690. The van der Waals surface area contributed by atoms with Crippen LogP contribution in [0.5, 0.6) is 0 Å². The van der Waals surface area contributed by atoms with E-state index in [0.29, 0.717) is 42.6 Å². The highest BCUT2D eigenvalue weighted by atomic mass is 19.1. The van der Waals surface area contributed by atoms with Gasteiger partial charge in [0.1, 0.15) is 5.82 Å². The fraction of sp³-hybridized carbons (Fsp3) is 0.400. The Morgan fingerprint density at radius 1 is 1.29 bits per heavy atom. The minimum absolute atomic E-state index is 0.0368. The van der Waals surface area contributed by atoms with Crippen molar-refractivity contribution in [3.63, 3.8) is 0 Å². The van der Waals surface area contributed by atoms with Gasteiger partial charge in [0, 0.05) is 24.9 Å². The van der Waals surface area contributed by atoms with Crippen molar-refractivity contribution in [1.82, 2.24) is 15.5 Å². The van der Waals surface area contributed by atoms with Crippen molar-refractivity contribution in [1.29, 1.82) is 0 Å². The molecule has 0 atom stereocenters. The van der Waals surface area contributed by atoms with Crippen molar-refractivity contribution in [2.24, 2.45) is 5.92 Å². The standard InChI is InChI=1S/C15H18FN3O2/c1-10(2)9-17-13(20)7-8-14-18-19-15(21-14)11-3-5-12(16)6-4-11/h3-6,10H,7-9H2,1-2H3,(H,17,20). The molecule has 2 rings (SSSR count). The maximum absolute atomic E-state index is 12.8. The van der Waals surface area contributed by atoms with Gasteiger partial charge in [-0.1, -0.05) is 13.8 Å². The van der Waals surface area contributed by atoms with Crippen molar-refractivity contribution in [2.45, 2.75) is 26.7 Å². The number of amides is 1. The molecule has 0 unspecified atom stereocenters. The number of nitrogens with one attached hydrogen (secondary N) is 1. The van der Waals surface area contributed by atoms with Crippen molar-refractivity contribution >= 4 is 5.91 Å². The van der Waals surface area contributed by atoms with Gasteiger partial charge in [-0.2, -0.15) is 0 Å². The summed E-state index contributed by atoms with van der Waals surface area (Å²) in [5.74, 6) is 0.787. The van der Waals surface area contributed by atoms with Crippen LogP contribution in [-0.2, 0) is 11.2 Å². The molecule has 1 N–H and O–H groups in total. The molecule has 0 saturated heterocycles. The molecule has 2 aromatic rings. The van der Waals surface area contributed by atoms with Crippen molar-refractivity contribution in [3.05, 3.63) is 36.0 Å². The minimum atomic E-state index is -0.319. The van der Waals surface area contributed by atoms with Gasteiger partial charge in [0.25, 0.3) is 0 Å². The van der Waals surface area contributed by atoms with Crippen LogP contribution in [0.1, 0.15) is 26.2 Å². The highest BCUT2D eigenvalue weighted by Crippen LogP contribution is 2.18. The summed E-state index contributed by atoms with van der Waals surface area (Å²) in [5, 5.41) is 10.6. The number of halogens is 1. The summed E-state index contributed by atoms with van der Waals surface area (Å²) in [6, 6.07) is 5.81. The zero-order valence-electron chi connectivity index (χ0n) is 12.1. The van der Waals surface area contributed by atoms with Crippen molar-refractivity contribution in [2.75, 3.05) is 6.54 Å². The first-order valence-corrected chi connectivity index (χ1v) is 6.89. The maximum atomic E-state index is 12.8. The second-order valence-electron chi connectivity index (χ2n) is 5.21. The van der Waals surface area contributed by atoms with E-state index in [0.717, 1.165) is 0 Å². The highest BCUT2D eigenvalue weighted by Gasteiger charge is 2.10. The van der Waals surface area contributed by atoms with Crippen LogP contribution in [0.2, 0.25) is 0 Å². The molecule has 1 amide bonds. The van der Waals surface area contributed by atoms with E-state index >= 15 is 0 Å². The first kappa shape index (κ1) is 15.2. The summed E-state index contributed by atoms with van der Waals surface area (Å²) < 4.78 is 18.3. The zero-order valence-corrected chi connectivity index (χ0v) is 12.1. The average Bonchev–Trinajstić information content (AvgIpc) is 2.92. The smallest absolute Gasteiger partial charge is 0.247 e. The van der Waals surface area contributed by atoms with E-state index in [1.807, 2.05) is 13.8 Å². The third kappa shape index (κ3) is 4.66. The van der Waals surface area contributed by atoms with Crippen LogP contribution in [-0.4, -0.2) is 22.6 Å². The number of hydrogen-bond acceptors (Lipinski definition) is 4. The molecular weight excluding hydrogens is 273 g/mol. The molecule has 1 aromatic heterocycles. The van der Waals surface area contributed by atoms with Gasteiger partial charge >= 0.3 is 0 Å². The number of aromatic nitrogens is 2. The quantitative estimate of drug-likeness (QED) is 0.888.